The molecule has 5 heteroatoms. The number of halogens is 2. The zero-order valence-electron chi connectivity index (χ0n) is 11.1. The molecule has 1 aliphatic heterocycles. The van der Waals surface area contributed by atoms with E-state index in [1.54, 1.807) is 0 Å². The highest BCUT2D eigenvalue weighted by Crippen LogP contribution is 2.32. The Bertz CT molecular complexity index is 623. The number of rotatable bonds is 2. The Morgan fingerprint density at radius 2 is 1.90 bits per heavy atom. The van der Waals surface area contributed by atoms with Gasteiger partial charge >= 0.3 is 0 Å². The molecule has 1 atom stereocenters. The molecular formula is C15H14Cl2N2O. The molecule has 104 valence electrons. The van der Waals surface area contributed by atoms with Gasteiger partial charge in [-0.15, -0.1) is 0 Å². The van der Waals surface area contributed by atoms with Crippen LogP contribution in [0.15, 0.2) is 24.3 Å². The van der Waals surface area contributed by atoms with Gasteiger partial charge in [0.1, 0.15) is 21.9 Å². The third kappa shape index (κ3) is 2.48. The standard InChI is InChI=1S/C15H14Cl2N2O/c1-2-11-13(16)18-15(19-14(11)17)10-7-9-5-3-4-6-12(9)20-8-10/h3-6,10H,2,7-8H2,1H3. The van der Waals surface area contributed by atoms with Crippen LogP contribution in [0.25, 0.3) is 0 Å². The fourth-order valence-corrected chi connectivity index (χ4v) is 3.08. The van der Waals surface area contributed by atoms with E-state index in [0.29, 0.717) is 22.7 Å². The summed E-state index contributed by atoms with van der Waals surface area (Å²) in [7, 11) is 0. The molecule has 0 radical (unpaired) electrons. The molecule has 0 saturated carbocycles. The van der Waals surface area contributed by atoms with E-state index in [1.807, 2.05) is 25.1 Å². The Balaban J connectivity index is 1.92. The summed E-state index contributed by atoms with van der Waals surface area (Å²) in [6, 6.07) is 8.02. The van der Waals surface area contributed by atoms with Crippen LogP contribution in [-0.4, -0.2) is 16.6 Å². The van der Waals surface area contributed by atoms with Gasteiger partial charge in [0.2, 0.25) is 0 Å². The van der Waals surface area contributed by atoms with Gasteiger partial charge in [0.15, 0.2) is 0 Å². The lowest BCUT2D eigenvalue weighted by molar-refractivity contribution is 0.257. The predicted octanol–water partition coefficient (Wildman–Crippen LogP) is 4.06. The van der Waals surface area contributed by atoms with Crippen molar-refractivity contribution in [3.05, 3.63) is 51.5 Å². The lowest BCUT2D eigenvalue weighted by atomic mass is 9.96. The molecule has 1 aromatic heterocycles. The van der Waals surface area contributed by atoms with E-state index in [2.05, 4.69) is 16.0 Å². The first-order valence-corrected chi connectivity index (χ1v) is 7.37. The van der Waals surface area contributed by atoms with E-state index in [1.165, 1.54) is 5.56 Å². The summed E-state index contributed by atoms with van der Waals surface area (Å²) in [5.41, 5.74) is 1.97. The van der Waals surface area contributed by atoms with Crippen LogP contribution in [0.5, 0.6) is 5.75 Å². The van der Waals surface area contributed by atoms with Crippen LogP contribution in [-0.2, 0) is 12.8 Å². The number of fused-ring (bicyclic) bond motifs is 1. The normalized spacial score (nSPS) is 17.4. The average Bonchev–Trinajstić information content (AvgIpc) is 2.46. The zero-order valence-corrected chi connectivity index (χ0v) is 12.6. The van der Waals surface area contributed by atoms with Gasteiger partial charge in [-0.25, -0.2) is 9.97 Å². The number of hydrogen-bond donors (Lipinski definition) is 0. The molecule has 0 saturated heterocycles. The number of ether oxygens (including phenoxy) is 1. The molecule has 0 bridgehead atoms. The topological polar surface area (TPSA) is 35.0 Å². The van der Waals surface area contributed by atoms with E-state index in [0.717, 1.165) is 24.2 Å². The van der Waals surface area contributed by atoms with Gasteiger partial charge in [-0.3, -0.25) is 0 Å². The van der Waals surface area contributed by atoms with Gasteiger partial charge in [0, 0.05) is 5.56 Å². The molecule has 0 fully saturated rings. The third-order valence-electron chi connectivity index (χ3n) is 3.52. The Kier molecular flexibility index (Phi) is 3.81. The second kappa shape index (κ2) is 5.58. The summed E-state index contributed by atoms with van der Waals surface area (Å²) in [5.74, 6) is 1.68. The van der Waals surface area contributed by atoms with Crippen LogP contribution in [0.2, 0.25) is 10.3 Å². The molecule has 20 heavy (non-hydrogen) atoms. The average molecular weight is 309 g/mol. The first-order valence-electron chi connectivity index (χ1n) is 6.61. The molecule has 0 spiro atoms. The highest BCUT2D eigenvalue weighted by molar-refractivity contribution is 6.34. The molecule has 2 heterocycles. The van der Waals surface area contributed by atoms with Crippen molar-refractivity contribution < 1.29 is 4.74 Å². The number of aromatic nitrogens is 2. The first-order chi connectivity index (χ1) is 9.69. The highest BCUT2D eigenvalue weighted by Gasteiger charge is 2.24. The smallest absolute Gasteiger partial charge is 0.138 e. The van der Waals surface area contributed by atoms with Crippen LogP contribution in [0.1, 0.15) is 29.8 Å². The second-order valence-electron chi connectivity index (χ2n) is 4.82. The molecule has 2 aromatic rings. The van der Waals surface area contributed by atoms with Gasteiger partial charge in [0.05, 0.1) is 12.5 Å². The molecular weight excluding hydrogens is 295 g/mol. The van der Waals surface area contributed by atoms with E-state index in [-0.39, 0.29) is 5.92 Å². The fraction of sp³-hybridized carbons (Fsp3) is 0.333. The summed E-state index contributed by atoms with van der Waals surface area (Å²) < 4.78 is 5.76. The lowest BCUT2D eigenvalue weighted by Crippen LogP contribution is -2.21. The number of nitrogens with zero attached hydrogens (tertiary/aromatic N) is 2. The van der Waals surface area contributed by atoms with Crippen molar-refractivity contribution in [3.63, 3.8) is 0 Å². The Morgan fingerprint density at radius 1 is 1.20 bits per heavy atom. The minimum absolute atomic E-state index is 0.0887. The summed E-state index contributed by atoms with van der Waals surface area (Å²) in [6.07, 6.45) is 1.57. The Hall–Kier alpha value is -1.32. The van der Waals surface area contributed by atoms with Crippen molar-refractivity contribution in [2.75, 3.05) is 6.61 Å². The van der Waals surface area contributed by atoms with Crippen molar-refractivity contribution in [3.8, 4) is 5.75 Å². The Labute approximate surface area is 127 Å². The number of para-hydroxylation sites is 1. The maximum absolute atomic E-state index is 6.18. The van der Waals surface area contributed by atoms with Crippen LogP contribution in [0.3, 0.4) is 0 Å². The lowest BCUT2D eigenvalue weighted by Gasteiger charge is -2.24. The quantitative estimate of drug-likeness (QED) is 0.785. The van der Waals surface area contributed by atoms with Crippen molar-refractivity contribution in [2.45, 2.75) is 25.7 Å². The molecule has 0 amide bonds. The number of hydrogen-bond acceptors (Lipinski definition) is 3. The maximum atomic E-state index is 6.18. The number of benzene rings is 1. The van der Waals surface area contributed by atoms with Crippen molar-refractivity contribution in [2.24, 2.45) is 0 Å². The zero-order chi connectivity index (χ0) is 14.1. The second-order valence-corrected chi connectivity index (χ2v) is 5.53. The van der Waals surface area contributed by atoms with Crippen LogP contribution < -0.4 is 4.74 Å². The first kappa shape index (κ1) is 13.7. The van der Waals surface area contributed by atoms with Crippen molar-refractivity contribution >= 4 is 23.2 Å². The van der Waals surface area contributed by atoms with Crippen LogP contribution in [0, 0.1) is 0 Å². The SMILES string of the molecule is CCc1c(Cl)nc(C2COc3ccccc3C2)nc1Cl. The molecule has 0 aliphatic carbocycles. The summed E-state index contributed by atoms with van der Waals surface area (Å²) in [6.45, 7) is 2.53. The van der Waals surface area contributed by atoms with E-state index in [9.17, 15) is 0 Å². The predicted molar refractivity (Wildman–Crippen MR) is 79.8 cm³/mol. The fourth-order valence-electron chi connectivity index (χ4n) is 2.41. The summed E-state index contributed by atoms with van der Waals surface area (Å²) in [4.78, 5) is 8.78. The molecule has 1 unspecified atom stereocenters. The largest absolute Gasteiger partial charge is 0.493 e. The third-order valence-corrected chi connectivity index (χ3v) is 4.15. The molecule has 3 nitrogen and oxygen atoms in total. The molecule has 1 aromatic carbocycles. The van der Waals surface area contributed by atoms with E-state index in [4.69, 9.17) is 27.9 Å². The monoisotopic (exact) mass is 308 g/mol. The van der Waals surface area contributed by atoms with Crippen molar-refractivity contribution in [1.82, 2.24) is 9.97 Å². The molecule has 3 rings (SSSR count). The maximum Gasteiger partial charge on any atom is 0.138 e. The van der Waals surface area contributed by atoms with Crippen LogP contribution in [0.4, 0.5) is 0 Å². The highest BCUT2D eigenvalue weighted by atomic mass is 35.5. The molecule has 0 N–H and O–H groups in total. The van der Waals surface area contributed by atoms with E-state index >= 15 is 0 Å². The van der Waals surface area contributed by atoms with Gasteiger partial charge < -0.3 is 4.74 Å². The summed E-state index contributed by atoms with van der Waals surface area (Å²) in [5, 5.41) is 0.891. The van der Waals surface area contributed by atoms with Crippen LogP contribution >= 0.6 is 23.2 Å². The minimum atomic E-state index is 0.0887. The summed E-state index contributed by atoms with van der Waals surface area (Å²) >= 11 is 12.4. The van der Waals surface area contributed by atoms with Gasteiger partial charge in [0.25, 0.3) is 0 Å². The van der Waals surface area contributed by atoms with Gasteiger partial charge in [-0.2, -0.15) is 0 Å². The van der Waals surface area contributed by atoms with Gasteiger partial charge in [-0.05, 0) is 24.5 Å². The minimum Gasteiger partial charge on any atom is -0.493 e. The van der Waals surface area contributed by atoms with Crippen molar-refractivity contribution in [1.29, 1.82) is 0 Å². The van der Waals surface area contributed by atoms with E-state index < -0.39 is 0 Å². The Morgan fingerprint density at radius 3 is 2.60 bits per heavy atom. The molecule has 1 aliphatic rings. The van der Waals surface area contributed by atoms with Gasteiger partial charge in [-0.1, -0.05) is 48.3 Å².